The summed E-state index contributed by atoms with van der Waals surface area (Å²) >= 11 is 0. The van der Waals surface area contributed by atoms with Crippen LogP contribution in [0.25, 0.3) is 0 Å². The first-order valence-corrected chi connectivity index (χ1v) is 48.8. The van der Waals surface area contributed by atoms with Gasteiger partial charge in [0.2, 0.25) is 0 Å². The Hall–Kier alpha value is -12.4. The number of hydrogen-bond acceptors (Lipinski definition) is 20. The number of methoxy groups -OCH3 is 2. The van der Waals surface area contributed by atoms with Crippen molar-refractivity contribution in [3.63, 3.8) is 0 Å². The monoisotopic (exact) mass is 1810 g/mol. The molecule has 24 heteroatoms. The van der Waals surface area contributed by atoms with E-state index in [4.69, 9.17) is 64.5 Å². The highest BCUT2D eigenvalue weighted by molar-refractivity contribution is 6.61. The van der Waals surface area contributed by atoms with Gasteiger partial charge in [0, 0.05) is 94.9 Å². The van der Waals surface area contributed by atoms with E-state index in [0.29, 0.717) is 137 Å². The molecule has 0 aromatic heterocycles. The number of esters is 4. The van der Waals surface area contributed by atoms with Gasteiger partial charge in [-0.3, -0.25) is 9.59 Å². The maximum atomic E-state index is 13.8. The zero-order chi connectivity index (χ0) is 93.7. The van der Waals surface area contributed by atoms with Crippen molar-refractivity contribution in [2.75, 3.05) is 80.2 Å². The van der Waals surface area contributed by atoms with E-state index in [1.165, 1.54) is 13.8 Å². The number of rotatable bonds is 47. The highest BCUT2D eigenvalue weighted by atomic mass is 28.4. The van der Waals surface area contributed by atoms with Crippen LogP contribution in [0.3, 0.4) is 0 Å². The minimum atomic E-state index is -2.81. The smallest absolute Gasteiger partial charge is 0.497 e. The molecule has 690 valence electrons. The molecular weight excluding hydrogens is 1690 g/mol. The van der Waals surface area contributed by atoms with Gasteiger partial charge in [0.25, 0.3) is 0 Å². The lowest BCUT2D eigenvalue weighted by Crippen LogP contribution is -2.46. The first kappa shape index (κ1) is 101. The number of benzene rings is 11. The fourth-order valence-corrected chi connectivity index (χ4v) is 21.8. The van der Waals surface area contributed by atoms with Gasteiger partial charge in [-0.25, -0.2) is 19.2 Å². The standard InChI is InChI=1S/C56H63NO10Si.C51H61NO10Si/c1-7-63-68(64-8-2,65-9-3)41-17-39-57-54(60)62-40-16-38-55(5,44-26-34-51(35-27-44)66-42(4)58)45-28-36-52(37-29-45)67-53(59)43-22-24-48(25-23-43)56(46-18-12-10-13-19-46,47-20-14-11-15-21-47)49-30-32-50(61-6)33-31-49;1-8-58-63(59-9-2,60-10-3)37-15-35-52-49(55)57-36-14-34-50(5,40-22-30-46(31-23-40)61-38(4)53)41-24-32-47(33-25-41)62-48(54)39-18-20-43(21-19-39)51(6,42-16-12-11-13-17-42)44-26-28-45(56-7)29-27-44/h10-15,18-37H,7-9,16-17,38-41H2,1-6H3,(H,57,60);11-13,16-33H,8-10,14-15,34-37H2,1-7H3,(H,52,55). The second-order valence-electron chi connectivity index (χ2n) is 31.8. The topological polar surface area (TPSA) is 256 Å². The van der Waals surface area contributed by atoms with Gasteiger partial charge in [-0.15, -0.1) is 0 Å². The molecule has 3 atom stereocenters. The molecule has 0 bridgehead atoms. The van der Waals surface area contributed by atoms with Crippen molar-refractivity contribution in [3.05, 3.63) is 357 Å². The number of ether oxygens (including phenoxy) is 8. The van der Waals surface area contributed by atoms with Gasteiger partial charge in [-0.05, 0) is 245 Å². The van der Waals surface area contributed by atoms with Gasteiger partial charge < -0.3 is 75.1 Å². The predicted molar refractivity (Wildman–Crippen MR) is 511 cm³/mol. The third-order valence-electron chi connectivity index (χ3n) is 23.3. The molecule has 0 saturated heterocycles. The minimum Gasteiger partial charge on any atom is -0.497 e. The summed E-state index contributed by atoms with van der Waals surface area (Å²) in [5.74, 6) is 1.44. The van der Waals surface area contributed by atoms with Crippen LogP contribution in [0.15, 0.2) is 285 Å². The average molecular weight is 1810 g/mol. The Labute approximate surface area is 773 Å². The van der Waals surface area contributed by atoms with Gasteiger partial charge in [-0.1, -0.05) is 202 Å². The van der Waals surface area contributed by atoms with Crippen molar-refractivity contribution in [2.45, 2.75) is 148 Å². The molecular formula is C107H124N2O20Si2. The van der Waals surface area contributed by atoms with E-state index in [2.05, 4.69) is 92.1 Å². The second-order valence-corrected chi connectivity index (χ2v) is 37.3. The van der Waals surface area contributed by atoms with Crippen molar-refractivity contribution in [2.24, 2.45) is 0 Å². The van der Waals surface area contributed by atoms with Crippen LogP contribution in [-0.2, 0) is 67.3 Å². The lowest BCUT2D eigenvalue weighted by atomic mass is 9.65. The van der Waals surface area contributed by atoms with Crippen LogP contribution in [0.2, 0.25) is 12.1 Å². The number of carbonyl (C=O) groups excluding carboxylic acids is 6. The normalized spacial score (nSPS) is 12.8. The molecule has 11 aromatic rings. The van der Waals surface area contributed by atoms with E-state index < -0.39 is 75.3 Å². The SMILES string of the molecule is CCO[Si](CCCNC(=O)OCCCC(C)(c1ccc(OC(C)=O)cc1)c1ccc(OC(=O)c2ccc(C(C)(c3ccccc3)c3ccc(OC)cc3)cc2)cc1)(OCC)OCC.CCO[Si](CCCNC(=O)OCCCC(C)(c1ccc(OC(C)=O)cc1)c1ccc(OC(=O)c2ccc(C(c3ccccc3)(c3ccccc3)c3ccc(OC)cc3)cc2)cc1)(OCC)OCC. The molecule has 131 heavy (non-hydrogen) atoms. The van der Waals surface area contributed by atoms with E-state index in [-0.39, 0.29) is 13.2 Å². The van der Waals surface area contributed by atoms with Crippen LogP contribution in [0, 0.1) is 0 Å². The van der Waals surface area contributed by atoms with Crippen LogP contribution in [0.1, 0.15) is 197 Å². The largest absolute Gasteiger partial charge is 0.500 e. The van der Waals surface area contributed by atoms with Gasteiger partial charge >= 0.3 is 53.7 Å². The molecule has 0 heterocycles. The van der Waals surface area contributed by atoms with Crippen molar-refractivity contribution in [1.29, 1.82) is 0 Å². The fourth-order valence-electron chi connectivity index (χ4n) is 16.6. The maximum Gasteiger partial charge on any atom is 0.500 e. The molecule has 0 spiro atoms. The molecule has 0 saturated carbocycles. The molecule has 0 aliphatic rings. The lowest BCUT2D eigenvalue weighted by Gasteiger charge is -2.37. The Bertz CT molecular complexity index is 5300. The quantitative estimate of drug-likeness (QED) is 0.0118. The summed E-state index contributed by atoms with van der Waals surface area (Å²) in [5.41, 5.74) is 9.76. The molecule has 2 amide bonds. The molecule has 2 N–H and O–H groups in total. The van der Waals surface area contributed by atoms with E-state index in [0.717, 1.165) is 72.7 Å². The van der Waals surface area contributed by atoms with Gasteiger partial charge in [-0.2, -0.15) is 0 Å². The second kappa shape index (κ2) is 49.6. The van der Waals surface area contributed by atoms with Crippen molar-refractivity contribution < 1.29 is 93.2 Å². The summed E-state index contributed by atoms with van der Waals surface area (Å²) in [6, 6.07) is 93.2. The van der Waals surface area contributed by atoms with Crippen LogP contribution >= 0.6 is 0 Å². The molecule has 0 aliphatic carbocycles. The molecule has 3 unspecified atom stereocenters. The summed E-state index contributed by atoms with van der Waals surface area (Å²) in [6.45, 7) is 24.7. The zero-order valence-electron chi connectivity index (χ0n) is 77.5. The molecule has 22 nitrogen and oxygen atoms in total. The Morgan fingerprint density at radius 3 is 0.824 bits per heavy atom. The number of nitrogens with one attached hydrogen (secondary N) is 2. The number of amides is 2. The van der Waals surface area contributed by atoms with Crippen LogP contribution in [0.5, 0.6) is 34.5 Å². The molecule has 11 rings (SSSR count). The number of alkyl carbamates (subject to hydrolysis) is 2. The number of hydrogen-bond donors (Lipinski definition) is 2. The van der Waals surface area contributed by atoms with Crippen LogP contribution in [-0.4, -0.2) is 134 Å². The summed E-state index contributed by atoms with van der Waals surface area (Å²) in [4.78, 5) is 75.9. The van der Waals surface area contributed by atoms with E-state index >= 15 is 0 Å². The van der Waals surface area contributed by atoms with Gasteiger partial charge in [0.1, 0.15) is 34.5 Å². The zero-order valence-corrected chi connectivity index (χ0v) is 79.5. The van der Waals surface area contributed by atoms with E-state index in [1.54, 1.807) is 74.9 Å². The Kier molecular flexibility index (Phi) is 38.1. The first-order chi connectivity index (χ1) is 63.4. The van der Waals surface area contributed by atoms with Crippen molar-refractivity contribution in [3.8, 4) is 34.5 Å². The fraction of sp³-hybridized carbons (Fsp3) is 0.327. The lowest BCUT2D eigenvalue weighted by molar-refractivity contribution is -0.132. The predicted octanol–water partition coefficient (Wildman–Crippen LogP) is 21.9. The molecule has 0 aliphatic heterocycles. The molecule has 0 fully saturated rings. The summed E-state index contributed by atoms with van der Waals surface area (Å²) < 4.78 is 80.1. The van der Waals surface area contributed by atoms with Crippen molar-refractivity contribution in [1.82, 2.24) is 10.6 Å². The third-order valence-corrected chi connectivity index (χ3v) is 29.6. The summed E-state index contributed by atoms with van der Waals surface area (Å²) in [5, 5.41) is 5.67. The third kappa shape index (κ3) is 26.9. The molecule has 0 radical (unpaired) electrons. The highest BCUT2D eigenvalue weighted by Gasteiger charge is 2.43. The van der Waals surface area contributed by atoms with Crippen LogP contribution in [0.4, 0.5) is 9.59 Å². The van der Waals surface area contributed by atoms with Gasteiger partial charge in [0.05, 0.1) is 44.0 Å². The number of carbonyl (C=O) groups is 6. The van der Waals surface area contributed by atoms with Gasteiger partial charge in [0.15, 0.2) is 0 Å². The molecule has 11 aromatic carbocycles. The average Bonchev–Trinajstić information content (AvgIpc) is 0.731. The summed E-state index contributed by atoms with van der Waals surface area (Å²) in [7, 11) is -2.30. The van der Waals surface area contributed by atoms with E-state index in [9.17, 15) is 28.8 Å². The van der Waals surface area contributed by atoms with Crippen LogP contribution < -0.4 is 39.1 Å². The Balaban J connectivity index is 0.000000273. The minimum absolute atomic E-state index is 0.189. The Morgan fingerprint density at radius 2 is 0.534 bits per heavy atom. The van der Waals surface area contributed by atoms with E-state index in [1.807, 2.05) is 205 Å². The highest BCUT2D eigenvalue weighted by Crippen LogP contribution is 2.47. The summed E-state index contributed by atoms with van der Waals surface area (Å²) in [6.07, 6.45) is 2.57. The first-order valence-electron chi connectivity index (χ1n) is 44.9. The maximum absolute atomic E-state index is 13.8. The van der Waals surface area contributed by atoms with Crippen molar-refractivity contribution >= 4 is 53.7 Å². The Morgan fingerprint density at radius 1 is 0.290 bits per heavy atom.